The number of hydrogen-bond acceptors (Lipinski definition) is 3. The maximum atomic E-state index is 12.7. The van der Waals surface area contributed by atoms with Crippen LogP contribution in [0.1, 0.15) is 5.56 Å². The van der Waals surface area contributed by atoms with Crippen molar-refractivity contribution in [3.63, 3.8) is 0 Å². The van der Waals surface area contributed by atoms with E-state index in [1.54, 1.807) is 29.2 Å². The summed E-state index contributed by atoms with van der Waals surface area (Å²) in [6.45, 7) is 0.830. The van der Waals surface area contributed by atoms with Gasteiger partial charge in [-0.1, -0.05) is 12.1 Å². The molecule has 0 aliphatic rings. The van der Waals surface area contributed by atoms with E-state index in [-0.39, 0.29) is 12.4 Å². The summed E-state index contributed by atoms with van der Waals surface area (Å²) in [5.41, 5.74) is 1.82. The van der Waals surface area contributed by atoms with Gasteiger partial charge >= 0.3 is 0 Å². The zero-order valence-electron chi connectivity index (χ0n) is 9.10. The first-order valence-electron chi connectivity index (χ1n) is 5.15. The molecule has 1 N–H and O–H groups in total. The Morgan fingerprint density at radius 2 is 2.12 bits per heavy atom. The van der Waals surface area contributed by atoms with Gasteiger partial charge in [0, 0.05) is 12.7 Å². The van der Waals surface area contributed by atoms with Crippen LogP contribution in [0.4, 0.5) is 10.1 Å². The Morgan fingerprint density at radius 1 is 1.35 bits per heavy atom. The quantitative estimate of drug-likeness (QED) is 0.875. The van der Waals surface area contributed by atoms with Gasteiger partial charge in [-0.15, -0.1) is 0 Å². The number of hydrogen-bond donors (Lipinski definition) is 1. The van der Waals surface area contributed by atoms with Gasteiger partial charge in [0.1, 0.15) is 12.4 Å². The number of nitrogens with one attached hydrogen (secondary N) is 1. The lowest BCUT2D eigenvalue weighted by Gasteiger charge is -2.03. The summed E-state index contributed by atoms with van der Waals surface area (Å²) in [4.78, 5) is 0. The summed E-state index contributed by atoms with van der Waals surface area (Å²) in [5, 5.41) is 15.6. The summed E-state index contributed by atoms with van der Waals surface area (Å²) in [7, 11) is 0. The minimum Gasteiger partial charge on any atom is -0.378 e. The minimum atomic E-state index is -0.240. The molecule has 0 spiro atoms. The van der Waals surface area contributed by atoms with Gasteiger partial charge in [0.2, 0.25) is 0 Å². The predicted octanol–water partition coefficient (Wildman–Crippen LogP) is 2.16. The lowest BCUT2D eigenvalue weighted by atomic mass is 10.2. The van der Waals surface area contributed by atoms with Gasteiger partial charge in [0.25, 0.3) is 0 Å². The molecular formula is C12H11FN4. The van der Waals surface area contributed by atoms with Crippen LogP contribution in [-0.2, 0) is 13.1 Å². The predicted molar refractivity (Wildman–Crippen MR) is 61.6 cm³/mol. The van der Waals surface area contributed by atoms with Crippen molar-refractivity contribution in [2.24, 2.45) is 0 Å². The molecule has 0 bridgehead atoms. The van der Waals surface area contributed by atoms with E-state index in [1.807, 2.05) is 6.07 Å². The van der Waals surface area contributed by atoms with Crippen LogP contribution in [0, 0.1) is 17.1 Å². The van der Waals surface area contributed by atoms with Crippen molar-refractivity contribution >= 4 is 5.69 Å². The highest BCUT2D eigenvalue weighted by molar-refractivity contribution is 5.39. The summed E-state index contributed by atoms with van der Waals surface area (Å²) >= 11 is 0. The molecule has 5 heteroatoms. The number of nitriles is 1. The summed E-state index contributed by atoms with van der Waals surface area (Å²) in [6.07, 6.45) is 3.41. The van der Waals surface area contributed by atoms with Crippen LogP contribution in [0.3, 0.4) is 0 Å². The van der Waals surface area contributed by atoms with Gasteiger partial charge < -0.3 is 5.32 Å². The van der Waals surface area contributed by atoms with Crippen molar-refractivity contribution in [2.45, 2.75) is 13.1 Å². The van der Waals surface area contributed by atoms with Crippen LogP contribution in [0.2, 0.25) is 0 Å². The van der Waals surface area contributed by atoms with Crippen LogP contribution in [0.5, 0.6) is 0 Å². The maximum absolute atomic E-state index is 12.7. The SMILES string of the molecule is N#CCn1cc(NCc2ccc(F)cc2)cn1. The molecule has 0 atom stereocenters. The lowest BCUT2D eigenvalue weighted by Crippen LogP contribution is -1.98. The first-order valence-corrected chi connectivity index (χ1v) is 5.15. The van der Waals surface area contributed by atoms with E-state index in [1.165, 1.54) is 12.1 Å². The van der Waals surface area contributed by atoms with Crippen LogP contribution < -0.4 is 5.32 Å². The summed E-state index contributed by atoms with van der Waals surface area (Å²) in [5.74, 6) is -0.240. The van der Waals surface area contributed by atoms with Crippen molar-refractivity contribution < 1.29 is 4.39 Å². The second-order valence-corrected chi connectivity index (χ2v) is 3.56. The maximum Gasteiger partial charge on any atom is 0.128 e. The molecule has 2 aromatic rings. The monoisotopic (exact) mass is 230 g/mol. The lowest BCUT2D eigenvalue weighted by molar-refractivity contribution is 0.627. The Kier molecular flexibility index (Phi) is 3.36. The average molecular weight is 230 g/mol. The van der Waals surface area contributed by atoms with Gasteiger partial charge in [-0.2, -0.15) is 10.4 Å². The average Bonchev–Trinajstić information content (AvgIpc) is 2.77. The highest BCUT2D eigenvalue weighted by atomic mass is 19.1. The minimum absolute atomic E-state index is 0.234. The van der Waals surface area contributed by atoms with Crippen molar-refractivity contribution in [3.05, 3.63) is 48.0 Å². The number of halogens is 1. The zero-order valence-corrected chi connectivity index (χ0v) is 9.10. The van der Waals surface area contributed by atoms with Gasteiger partial charge in [-0.25, -0.2) is 4.39 Å². The van der Waals surface area contributed by atoms with Gasteiger partial charge in [0.15, 0.2) is 0 Å². The third-order valence-corrected chi connectivity index (χ3v) is 2.28. The molecule has 0 unspecified atom stereocenters. The van der Waals surface area contributed by atoms with Crippen molar-refractivity contribution in [2.75, 3.05) is 5.32 Å². The molecule has 0 aliphatic heterocycles. The Hall–Kier alpha value is -2.35. The first kappa shape index (κ1) is 11.1. The normalized spacial score (nSPS) is 9.88. The van der Waals surface area contributed by atoms with Crippen LogP contribution in [0.15, 0.2) is 36.7 Å². The molecular weight excluding hydrogens is 219 g/mol. The largest absolute Gasteiger partial charge is 0.378 e. The van der Waals surface area contributed by atoms with Crippen molar-refractivity contribution in [3.8, 4) is 6.07 Å². The number of aromatic nitrogens is 2. The summed E-state index contributed by atoms with van der Waals surface area (Å²) in [6, 6.07) is 8.31. The van der Waals surface area contributed by atoms with E-state index in [0.29, 0.717) is 6.54 Å². The molecule has 0 saturated carbocycles. The molecule has 0 amide bonds. The van der Waals surface area contributed by atoms with E-state index in [2.05, 4.69) is 10.4 Å². The number of rotatable bonds is 4. The van der Waals surface area contributed by atoms with E-state index >= 15 is 0 Å². The standard InChI is InChI=1S/C12H11FN4/c13-11-3-1-10(2-4-11)7-15-12-8-16-17(9-12)6-5-14/h1-4,8-9,15H,6-7H2. The molecule has 86 valence electrons. The fourth-order valence-corrected chi connectivity index (χ4v) is 1.42. The smallest absolute Gasteiger partial charge is 0.128 e. The van der Waals surface area contributed by atoms with Gasteiger partial charge in [-0.05, 0) is 17.7 Å². The molecule has 0 radical (unpaired) electrons. The Balaban J connectivity index is 1.93. The van der Waals surface area contributed by atoms with E-state index in [0.717, 1.165) is 11.3 Å². The van der Waals surface area contributed by atoms with E-state index < -0.39 is 0 Å². The van der Waals surface area contributed by atoms with E-state index in [9.17, 15) is 4.39 Å². The van der Waals surface area contributed by atoms with Crippen LogP contribution >= 0.6 is 0 Å². The molecule has 1 aromatic heterocycles. The molecule has 0 saturated heterocycles. The second-order valence-electron chi connectivity index (χ2n) is 3.56. The number of nitrogens with zero attached hydrogens (tertiary/aromatic N) is 3. The fourth-order valence-electron chi connectivity index (χ4n) is 1.42. The van der Waals surface area contributed by atoms with E-state index in [4.69, 9.17) is 5.26 Å². The second kappa shape index (κ2) is 5.12. The van der Waals surface area contributed by atoms with Gasteiger partial charge in [0.05, 0.1) is 18.0 Å². The number of benzene rings is 1. The molecule has 4 nitrogen and oxygen atoms in total. The van der Waals surface area contributed by atoms with Crippen molar-refractivity contribution in [1.82, 2.24) is 9.78 Å². The zero-order chi connectivity index (χ0) is 12.1. The third-order valence-electron chi connectivity index (χ3n) is 2.28. The number of anilines is 1. The highest BCUT2D eigenvalue weighted by Crippen LogP contribution is 2.08. The Labute approximate surface area is 98.3 Å². The Bertz CT molecular complexity index is 524. The Morgan fingerprint density at radius 3 is 2.82 bits per heavy atom. The molecule has 1 aromatic carbocycles. The van der Waals surface area contributed by atoms with Crippen LogP contribution in [0.25, 0.3) is 0 Å². The first-order chi connectivity index (χ1) is 8.28. The topological polar surface area (TPSA) is 53.6 Å². The molecule has 0 aliphatic carbocycles. The van der Waals surface area contributed by atoms with Crippen molar-refractivity contribution in [1.29, 1.82) is 5.26 Å². The molecule has 1 heterocycles. The molecule has 2 rings (SSSR count). The van der Waals surface area contributed by atoms with Crippen LogP contribution in [-0.4, -0.2) is 9.78 Å². The third kappa shape index (κ3) is 3.05. The molecule has 17 heavy (non-hydrogen) atoms. The molecule has 0 fully saturated rings. The highest BCUT2D eigenvalue weighted by Gasteiger charge is 1.98. The fraction of sp³-hybridized carbons (Fsp3) is 0.167. The summed E-state index contributed by atoms with van der Waals surface area (Å²) < 4.78 is 14.2. The van der Waals surface area contributed by atoms with Gasteiger partial charge in [-0.3, -0.25) is 4.68 Å².